The van der Waals surface area contributed by atoms with Crippen LogP contribution in [0.25, 0.3) is 0 Å². The standard InChI is InChI=1S/C24H21NO6/c1-17(26)18-8-7-11-20(14-18)29-16-24(28)30-15-23(27)25-21-12-5-6-13-22(21)31-19-9-3-2-4-10-19/h2-14H,15-16H2,1H3,(H,25,27). The zero-order chi connectivity index (χ0) is 22.1. The molecule has 31 heavy (non-hydrogen) atoms. The first-order valence-electron chi connectivity index (χ1n) is 9.52. The number of benzene rings is 3. The van der Waals surface area contributed by atoms with E-state index in [4.69, 9.17) is 14.2 Å². The molecule has 0 aliphatic carbocycles. The third-order valence-electron chi connectivity index (χ3n) is 4.09. The number of ether oxygens (including phenoxy) is 3. The van der Waals surface area contributed by atoms with Gasteiger partial charge in [0.15, 0.2) is 24.7 Å². The largest absolute Gasteiger partial charge is 0.482 e. The van der Waals surface area contributed by atoms with Crippen molar-refractivity contribution in [2.75, 3.05) is 18.5 Å². The van der Waals surface area contributed by atoms with Crippen LogP contribution in [0.2, 0.25) is 0 Å². The third kappa shape index (κ3) is 6.71. The average molecular weight is 419 g/mol. The second-order valence-corrected chi connectivity index (χ2v) is 6.49. The fraction of sp³-hybridized carbons (Fsp3) is 0.125. The summed E-state index contributed by atoms with van der Waals surface area (Å²) in [5.74, 6) is 0.110. The fourth-order valence-corrected chi connectivity index (χ4v) is 2.60. The Labute approximate surface area is 179 Å². The van der Waals surface area contributed by atoms with E-state index in [1.807, 2.05) is 18.2 Å². The van der Waals surface area contributed by atoms with E-state index in [0.717, 1.165) is 0 Å². The molecule has 0 aliphatic heterocycles. The third-order valence-corrected chi connectivity index (χ3v) is 4.09. The number of carbonyl (C=O) groups excluding carboxylic acids is 3. The summed E-state index contributed by atoms with van der Waals surface area (Å²) in [6, 6.07) is 22.6. The predicted molar refractivity (Wildman–Crippen MR) is 114 cm³/mol. The van der Waals surface area contributed by atoms with Crippen LogP contribution >= 0.6 is 0 Å². The lowest BCUT2D eigenvalue weighted by molar-refractivity contribution is -0.149. The summed E-state index contributed by atoms with van der Waals surface area (Å²) in [5, 5.41) is 2.66. The molecular formula is C24H21NO6. The van der Waals surface area contributed by atoms with E-state index in [-0.39, 0.29) is 12.4 Å². The van der Waals surface area contributed by atoms with Crippen LogP contribution in [0, 0.1) is 0 Å². The first kappa shape index (κ1) is 21.6. The van der Waals surface area contributed by atoms with Gasteiger partial charge in [-0.15, -0.1) is 0 Å². The Hall–Kier alpha value is -4.13. The minimum absolute atomic E-state index is 0.110. The molecule has 0 bridgehead atoms. The van der Waals surface area contributed by atoms with Crippen molar-refractivity contribution >= 4 is 23.3 Å². The number of anilines is 1. The molecule has 0 aromatic heterocycles. The van der Waals surface area contributed by atoms with Gasteiger partial charge in [-0.2, -0.15) is 0 Å². The lowest BCUT2D eigenvalue weighted by atomic mass is 10.1. The van der Waals surface area contributed by atoms with Crippen LogP contribution in [0.3, 0.4) is 0 Å². The van der Waals surface area contributed by atoms with Crippen molar-refractivity contribution in [3.05, 3.63) is 84.4 Å². The Balaban J connectivity index is 1.48. The van der Waals surface area contributed by atoms with Gasteiger partial charge < -0.3 is 19.5 Å². The van der Waals surface area contributed by atoms with Crippen molar-refractivity contribution in [2.45, 2.75) is 6.92 Å². The van der Waals surface area contributed by atoms with Crippen LogP contribution < -0.4 is 14.8 Å². The minimum atomic E-state index is -0.711. The van der Waals surface area contributed by atoms with Gasteiger partial charge in [0.05, 0.1) is 5.69 Å². The molecule has 7 heteroatoms. The molecule has 1 N–H and O–H groups in total. The van der Waals surface area contributed by atoms with Crippen LogP contribution in [0.5, 0.6) is 17.2 Å². The highest BCUT2D eigenvalue weighted by Crippen LogP contribution is 2.29. The van der Waals surface area contributed by atoms with E-state index in [1.165, 1.54) is 13.0 Å². The molecule has 158 valence electrons. The summed E-state index contributed by atoms with van der Waals surface area (Å²) in [6.45, 7) is 0.576. The maximum absolute atomic E-state index is 12.2. The number of para-hydroxylation sites is 3. The van der Waals surface area contributed by atoms with Crippen molar-refractivity contribution in [2.24, 2.45) is 0 Å². The van der Waals surface area contributed by atoms with Crippen LogP contribution in [0.1, 0.15) is 17.3 Å². The average Bonchev–Trinajstić information content (AvgIpc) is 2.78. The van der Waals surface area contributed by atoms with E-state index < -0.39 is 18.5 Å². The first-order chi connectivity index (χ1) is 15.0. The van der Waals surface area contributed by atoms with Crippen molar-refractivity contribution in [1.29, 1.82) is 0 Å². The Kier molecular flexibility index (Phi) is 7.37. The topological polar surface area (TPSA) is 90.9 Å². The number of esters is 1. The lowest BCUT2D eigenvalue weighted by Gasteiger charge is -2.12. The number of Topliss-reactive ketones (excluding diaryl/α,β-unsaturated/α-hetero) is 1. The number of hydrogen-bond donors (Lipinski definition) is 1. The molecule has 0 saturated carbocycles. The SMILES string of the molecule is CC(=O)c1cccc(OCC(=O)OCC(=O)Nc2ccccc2Oc2ccccc2)c1. The molecule has 0 heterocycles. The molecule has 0 radical (unpaired) electrons. The van der Waals surface area contributed by atoms with E-state index >= 15 is 0 Å². The van der Waals surface area contributed by atoms with Gasteiger partial charge in [-0.25, -0.2) is 4.79 Å². The van der Waals surface area contributed by atoms with Gasteiger partial charge in [-0.1, -0.05) is 42.5 Å². The molecule has 0 spiro atoms. The lowest BCUT2D eigenvalue weighted by Crippen LogP contribution is -2.23. The summed E-state index contributed by atoms with van der Waals surface area (Å²) in [5.41, 5.74) is 0.923. The molecular weight excluding hydrogens is 398 g/mol. The van der Waals surface area contributed by atoms with Gasteiger partial charge in [-0.05, 0) is 43.3 Å². The normalized spacial score (nSPS) is 10.1. The highest BCUT2D eigenvalue weighted by molar-refractivity contribution is 5.95. The first-order valence-corrected chi connectivity index (χ1v) is 9.52. The zero-order valence-electron chi connectivity index (χ0n) is 16.9. The van der Waals surface area contributed by atoms with E-state index in [1.54, 1.807) is 54.6 Å². The molecule has 0 unspecified atom stereocenters. The number of nitrogens with one attached hydrogen (secondary N) is 1. The Morgan fingerprint density at radius 2 is 1.52 bits per heavy atom. The maximum atomic E-state index is 12.2. The maximum Gasteiger partial charge on any atom is 0.344 e. The fourth-order valence-electron chi connectivity index (χ4n) is 2.60. The summed E-state index contributed by atoms with van der Waals surface area (Å²) in [4.78, 5) is 35.5. The molecule has 0 saturated heterocycles. The summed E-state index contributed by atoms with van der Waals surface area (Å²) in [6.07, 6.45) is 0. The van der Waals surface area contributed by atoms with Gasteiger partial charge in [-0.3, -0.25) is 9.59 Å². The van der Waals surface area contributed by atoms with E-state index in [0.29, 0.717) is 28.5 Å². The van der Waals surface area contributed by atoms with Gasteiger partial charge in [0.1, 0.15) is 11.5 Å². The van der Waals surface area contributed by atoms with Gasteiger partial charge in [0.2, 0.25) is 0 Å². The molecule has 0 fully saturated rings. The summed E-state index contributed by atoms with van der Waals surface area (Å²) < 4.78 is 16.0. The van der Waals surface area contributed by atoms with Crippen LogP contribution in [-0.4, -0.2) is 30.9 Å². The quantitative estimate of drug-likeness (QED) is 0.412. The highest BCUT2D eigenvalue weighted by atomic mass is 16.6. The van der Waals surface area contributed by atoms with E-state index in [2.05, 4.69) is 5.32 Å². The Morgan fingerprint density at radius 1 is 0.806 bits per heavy atom. The Bertz CT molecular complexity index is 1060. The monoisotopic (exact) mass is 419 g/mol. The van der Waals surface area contributed by atoms with Crippen molar-refractivity contribution < 1.29 is 28.6 Å². The summed E-state index contributed by atoms with van der Waals surface area (Å²) in [7, 11) is 0. The van der Waals surface area contributed by atoms with Crippen LogP contribution in [-0.2, 0) is 14.3 Å². The number of ketones is 1. The second kappa shape index (κ2) is 10.6. The zero-order valence-corrected chi connectivity index (χ0v) is 16.9. The van der Waals surface area contributed by atoms with Crippen LogP contribution in [0.4, 0.5) is 5.69 Å². The van der Waals surface area contributed by atoms with Crippen LogP contribution in [0.15, 0.2) is 78.9 Å². The number of rotatable bonds is 9. The number of amides is 1. The molecule has 3 aromatic rings. The van der Waals surface area contributed by atoms with Crippen molar-refractivity contribution in [3.63, 3.8) is 0 Å². The van der Waals surface area contributed by atoms with Gasteiger partial charge in [0.25, 0.3) is 5.91 Å². The highest BCUT2D eigenvalue weighted by Gasteiger charge is 2.12. The van der Waals surface area contributed by atoms with Gasteiger partial charge in [0, 0.05) is 5.56 Å². The molecule has 0 aliphatic rings. The predicted octanol–water partition coefficient (Wildman–Crippen LogP) is 4.24. The van der Waals surface area contributed by atoms with E-state index in [9.17, 15) is 14.4 Å². The molecule has 1 amide bonds. The Morgan fingerprint density at radius 3 is 2.29 bits per heavy atom. The number of hydrogen-bond acceptors (Lipinski definition) is 6. The smallest absolute Gasteiger partial charge is 0.344 e. The van der Waals surface area contributed by atoms with Crippen molar-refractivity contribution in [1.82, 2.24) is 0 Å². The van der Waals surface area contributed by atoms with Crippen molar-refractivity contribution in [3.8, 4) is 17.2 Å². The molecule has 0 atom stereocenters. The molecule has 3 aromatic carbocycles. The summed E-state index contributed by atoms with van der Waals surface area (Å²) >= 11 is 0. The minimum Gasteiger partial charge on any atom is -0.482 e. The second-order valence-electron chi connectivity index (χ2n) is 6.49. The van der Waals surface area contributed by atoms with Gasteiger partial charge >= 0.3 is 5.97 Å². The molecule has 3 rings (SSSR count). The number of carbonyl (C=O) groups is 3. The molecule has 7 nitrogen and oxygen atoms in total.